The van der Waals surface area contributed by atoms with Crippen LogP contribution in [-0.4, -0.2) is 59.9 Å². The molecular formula is C55H90O10. The van der Waals surface area contributed by atoms with E-state index in [0.29, 0.717) is 5.92 Å². The van der Waals surface area contributed by atoms with Gasteiger partial charge in [-0.1, -0.05) is 61.8 Å². The van der Waals surface area contributed by atoms with Crippen molar-refractivity contribution in [2.24, 2.45) is 71.0 Å². The van der Waals surface area contributed by atoms with Crippen LogP contribution in [0.2, 0.25) is 0 Å². The van der Waals surface area contributed by atoms with Gasteiger partial charge in [-0.2, -0.15) is 0 Å². The lowest BCUT2D eigenvalue weighted by atomic mass is 9.54. The van der Waals surface area contributed by atoms with Crippen LogP contribution in [0.15, 0.2) is 0 Å². The quantitative estimate of drug-likeness (QED) is 0.123. The number of hydrogen-bond donors (Lipinski definition) is 0. The van der Waals surface area contributed by atoms with E-state index in [1.807, 2.05) is 48.5 Å². The minimum Gasteiger partial charge on any atom is -0.462 e. The standard InChI is InChI=1S/C17H26O4.C15H24O2.C12H20O2.C11H20O2/c1-3-11(2)16(19)20-10-15(18)21-17-7-12-4-13(8-17)6-14(5-12)9-17;1-3-10(2)14(16)17-15-7-11-4-12(8-15)6-13(5-11)9-15;1-3-8(2)12(13)14-11-7-9-4-5-10(11)6-9;1-3-9(2)11(12)13-10-7-5-4-6-8-10/h11-14H,3-10H2,1-2H3;10-13H,3-9H2,1-2H3;8-11H,3-7H2,1-2H3;9-10H,3-8H2,1-2H3. The van der Waals surface area contributed by atoms with Gasteiger partial charge in [0.2, 0.25) is 0 Å². The lowest BCUT2D eigenvalue weighted by molar-refractivity contribution is -0.193. The van der Waals surface area contributed by atoms with Gasteiger partial charge in [-0.25, -0.2) is 4.79 Å². The molecule has 65 heavy (non-hydrogen) atoms. The monoisotopic (exact) mass is 911 g/mol. The Morgan fingerprint density at radius 2 is 0.862 bits per heavy atom. The molecule has 10 bridgehead atoms. The Balaban J connectivity index is 0.000000146. The first kappa shape index (κ1) is 51.7. The fraction of sp³-hybridized carbons (Fsp3) is 0.909. The highest BCUT2D eigenvalue weighted by Crippen LogP contribution is 2.58. The molecular weight excluding hydrogens is 821 g/mol. The minimum absolute atomic E-state index is 0.00519. The summed E-state index contributed by atoms with van der Waals surface area (Å²) in [6.45, 7) is 15.5. The largest absolute Gasteiger partial charge is 0.462 e. The molecule has 11 rings (SSSR count). The van der Waals surface area contributed by atoms with Crippen LogP contribution in [0, 0.1) is 71.0 Å². The summed E-state index contributed by atoms with van der Waals surface area (Å²) < 4.78 is 27.8. The van der Waals surface area contributed by atoms with E-state index >= 15 is 0 Å². The first-order chi connectivity index (χ1) is 31.0. The highest BCUT2D eigenvalue weighted by molar-refractivity contribution is 5.78. The van der Waals surface area contributed by atoms with Crippen molar-refractivity contribution in [2.45, 2.75) is 239 Å². The Morgan fingerprint density at radius 1 is 0.446 bits per heavy atom. The maximum atomic E-state index is 12.0. The van der Waals surface area contributed by atoms with Crippen molar-refractivity contribution in [1.82, 2.24) is 0 Å². The predicted octanol–water partition coefficient (Wildman–Crippen LogP) is 12.3. The third-order valence-corrected chi connectivity index (χ3v) is 17.8. The molecule has 0 aliphatic heterocycles. The van der Waals surface area contributed by atoms with E-state index in [1.165, 1.54) is 77.0 Å². The van der Waals surface area contributed by atoms with Gasteiger partial charge in [0.05, 0.1) is 23.7 Å². The molecule has 11 aliphatic carbocycles. The highest BCUT2D eigenvalue weighted by atomic mass is 16.6. The van der Waals surface area contributed by atoms with Crippen molar-refractivity contribution in [3.8, 4) is 0 Å². The minimum atomic E-state index is -0.367. The molecule has 10 heteroatoms. The molecule has 7 atom stereocenters. The molecule has 11 aliphatic rings. The Kier molecular flexibility index (Phi) is 18.8. The van der Waals surface area contributed by atoms with Crippen molar-refractivity contribution in [3.05, 3.63) is 0 Å². The molecule has 11 saturated carbocycles. The van der Waals surface area contributed by atoms with E-state index in [4.69, 9.17) is 23.7 Å². The normalized spacial score (nSPS) is 36.2. The molecule has 0 N–H and O–H groups in total. The summed E-state index contributed by atoms with van der Waals surface area (Å²) in [4.78, 5) is 58.7. The molecule has 0 aromatic heterocycles. The first-order valence-electron chi connectivity index (χ1n) is 27.1. The van der Waals surface area contributed by atoms with Crippen molar-refractivity contribution in [3.63, 3.8) is 0 Å². The first-order valence-corrected chi connectivity index (χ1v) is 27.1. The molecule has 0 amide bonds. The van der Waals surface area contributed by atoms with Crippen LogP contribution in [0.1, 0.15) is 216 Å². The summed E-state index contributed by atoms with van der Waals surface area (Å²) in [5.41, 5.74) is -0.288. The Labute approximate surface area is 393 Å². The third kappa shape index (κ3) is 14.2. The van der Waals surface area contributed by atoms with Crippen LogP contribution in [0.3, 0.4) is 0 Å². The number of carbonyl (C=O) groups is 5. The third-order valence-electron chi connectivity index (χ3n) is 17.8. The van der Waals surface area contributed by atoms with Crippen molar-refractivity contribution in [2.75, 3.05) is 6.61 Å². The number of esters is 5. The fourth-order valence-electron chi connectivity index (χ4n) is 13.9. The summed E-state index contributed by atoms with van der Waals surface area (Å²) in [5.74, 6) is 5.79. The van der Waals surface area contributed by atoms with Gasteiger partial charge in [-0.05, 0) is 201 Å². The fourth-order valence-corrected chi connectivity index (χ4v) is 13.9. The summed E-state index contributed by atoms with van der Waals surface area (Å²) in [7, 11) is 0. The number of ether oxygens (including phenoxy) is 5. The van der Waals surface area contributed by atoms with Gasteiger partial charge in [0.25, 0.3) is 0 Å². The molecule has 0 radical (unpaired) electrons. The molecule has 0 saturated heterocycles. The average molecular weight is 911 g/mol. The van der Waals surface area contributed by atoms with Gasteiger partial charge in [0.1, 0.15) is 23.4 Å². The zero-order valence-electron chi connectivity index (χ0n) is 42.1. The van der Waals surface area contributed by atoms with E-state index in [1.54, 1.807) is 0 Å². The van der Waals surface area contributed by atoms with E-state index in [-0.39, 0.29) is 83.5 Å². The molecule has 7 unspecified atom stereocenters. The molecule has 0 heterocycles. The average Bonchev–Trinajstić information content (AvgIpc) is 3.90. The highest BCUT2D eigenvalue weighted by Gasteiger charge is 2.54. The van der Waals surface area contributed by atoms with Crippen molar-refractivity contribution >= 4 is 29.8 Å². The lowest BCUT2D eigenvalue weighted by Gasteiger charge is -2.55. The summed E-state index contributed by atoms with van der Waals surface area (Å²) in [6, 6.07) is 0. The molecule has 0 aromatic rings. The van der Waals surface area contributed by atoms with Crippen LogP contribution < -0.4 is 0 Å². The van der Waals surface area contributed by atoms with Crippen LogP contribution in [0.4, 0.5) is 0 Å². The number of hydrogen-bond acceptors (Lipinski definition) is 10. The topological polar surface area (TPSA) is 132 Å². The van der Waals surface area contributed by atoms with Gasteiger partial charge in [-0.3, -0.25) is 19.2 Å². The zero-order valence-corrected chi connectivity index (χ0v) is 42.1. The molecule has 10 nitrogen and oxygen atoms in total. The van der Waals surface area contributed by atoms with Gasteiger partial charge in [0, 0.05) is 0 Å². The lowest BCUT2D eigenvalue weighted by Crippen LogP contribution is -2.53. The van der Waals surface area contributed by atoms with Gasteiger partial charge < -0.3 is 23.7 Å². The Morgan fingerprint density at radius 3 is 1.28 bits per heavy atom. The number of carbonyl (C=O) groups excluding carboxylic acids is 5. The number of rotatable bonds is 14. The van der Waals surface area contributed by atoms with Crippen LogP contribution in [-0.2, 0) is 47.7 Å². The SMILES string of the molecule is CCC(C)C(=O)OC12CC3CC(CC(C3)C1)C2.CCC(C)C(=O)OC1CC2CCC1C2.CCC(C)C(=O)OC1CCCCC1.CCC(C)C(=O)OCC(=O)OC12CC3CC(CC(C3)C1)C2. The second kappa shape index (κ2) is 23.6. The molecule has 0 aromatic carbocycles. The zero-order chi connectivity index (χ0) is 46.9. The Bertz CT molecular complexity index is 1510. The summed E-state index contributed by atoms with van der Waals surface area (Å²) in [5, 5.41) is 0. The summed E-state index contributed by atoms with van der Waals surface area (Å²) in [6.07, 6.45) is 29.5. The van der Waals surface area contributed by atoms with Crippen LogP contribution in [0.25, 0.3) is 0 Å². The molecule has 370 valence electrons. The van der Waals surface area contributed by atoms with E-state index < -0.39 is 0 Å². The van der Waals surface area contributed by atoms with E-state index in [9.17, 15) is 24.0 Å². The van der Waals surface area contributed by atoms with Crippen LogP contribution in [0.5, 0.6) is 0 Å². The second-order valence-electron chi connectivity index (χ2n) is 23.3. The van der Waals surface area contributed by atoms with E-state index in [2.05, 4.69) is 6.92 Å². The van der Waals surface area contributed by atoms with Gasteiger partial charge in [-0.15, -0.1) is 0 Å². The maximum absolute atomic E-state index is 12.0. The summed E-state index contributed by atoms with van der Waals surface area (Å²) >= 11 is 0. The van der Waals surface area contributed by atoms with Gasteiger partial charge in [0.15, 0.2) is 6.61 Å². The smallest absolute Gasteiger partial charge is 0.344 e. The predicted molar refractivity (Wildman–Crippen MR) is 251 cm³/mol. The molecule has 0 spiro atoms. The van der Waals surface area contributed by atoms with Crippen molar-refractivity contribution in [1.29, 1.82) is 0 Å². The van der Waals surface area contributed by atoms with E-state index in [0.717, 1.165) is 125 Å². The molecule has 11 fully saturated rings. The van der Waals surface area contributed by atoms with Crippen LogP contribution >= 0.6 is 0 Å². The second-order valence-corrected chi connectivity index (χ2v) is 23.3. The maximum Gasteiger partial charge on any atom is 0.344 e. The van der Waals surface area contributed by atoms with Gasteiger partial charge >= 0.3 is 29.8 Å². The number of fused-ring (bicyclic) bond motifs is 2. The Hall–Kier alpha value is -2.65. The van der Waals surface area contributed by atoms with Crippen molar-refractivity contribution < 1.29 is 47.7 Å².